The number of para-hydroxylation sites is 1. The van der Waals surface area contributed by atoms with Gasteiger partial charge in [0.05, 0.1) is 13.2 Å². The molecule has 23 heavy (non-hydrogen) atoms. The number of hydrogen-bond acceptors (Lipinski definition) is 2. The van der Waals surface area contributed by atoms with Crippen molar-refractivity contribution in [3.8, 4) is 5.75 Å². The number of ether oxygens (including phenoxy) is 1. The average molecular weight is 315 g/mol. The smallest absolute Gasteiger partial charge is 0.191 e. The molecule has 1 aromatic carbocycles. The molecule has 126 valence electrons. The first-order valence-corrected chi connectivity index (χ1v) is 8.59. The Morgan fingerprint density at radius 1 is 1.26 bits per heavy atom. The van der Waals surface area contributed by atoms with Gasteiger partial charge < -0.3 is 15.4 Å². The molecular formula is C19H29N3O. The number of benzene rings is 1. The molecule has 0 saturated heterocycles. The maximum absolute atomic E-state index is 5.90. The van der Waals surface area contributed by atoms with Crippen LogP contribution in [-0.4, -0.2) is 25.2 Å². The van der Waals surface area contributed by atoms with Gasteiger partial charge in [0.15, 0.2) is 5.96 Å². The molecule has 1 aliphatic carbocycles. The zero-order valence-corrected chi connectivity index (χ0v) is 14.5. The Balaban J connectivity index is 2.00. The largest absolute Gasteiger partial charge is 0.493 e. The Morgan fingerprint density at radius 2 is 2.00 bits per heavy atom. The van der Waals surface area contributed by atoms with Crippen molar-refractivity contribution in [2.45, 2.75) is 46.2 Å². The van der Waals surface area contributed by atoms with Gasteiger partial charge >= 0.3 is 0 Å². The summed E-state index contributed by atoms with van der Waals surface area (Å²) >= 11 is 0. The van der Waals surface area contributed by atoms with Gasteiger partial charge in [-0.15, -0.1) is 0 Å². The first-order chi connectivity index (χ1) is 11.2. The molecule has 0 bridgehead atoms. The third kappa shape index (κ3) is 5.97. The van der Waals surface area contributed by atoms with Gasteiger partial charge in [-0.1, -0.05) is 44.2 Å². The molecule has 0 fully saturated rings. The Labute approximate surface area is 140 Å². The summed E-state index contributed by atoms with van der Waals surface area (Å²) in [6, 6.07) is 8.61. The van der Waals surface area contributed by atoms with Gasteiger partial charge in [0.2, 0.25) is 0 Å². The highest BCUT2D eigenvalue weighted by molar-refractivity contribution is 5.80. The molecule has 0 spiro atoms. The van der Waals surface area contributed by atoms with Crippen molar-refractivity contribution in [2.75, 3.05) is 13.2 Å². The topological polar surface area (TPSA) is 45.7 Å². The molecule has 1 aliphatic rings. The monoisotopic (exact) mass is 315 g/mol. The minimum atomic E-state index is 0.459. The van der Waals surface area contributed by atoms with E-state index in [0.29, 0.717) is 18.5 Å². The average Bonchev–Trinajstić information content (AvgIpc) is 3.04. The van der Waals surface area contributed by atoms with Crippen molar-refractivity contribution in [3.05, 3.63) is 42.0 Å². The lowest BCUT2D eigenvalue weighted by Gasteiger charge is -2.17. The quantitative estimate of drug-likeness (QED) is 0.460. The van der Waals surface area contributed by atoms with Crippen LogP contribution in [0.3, 0.4) is 0 Å². The first-order valence-electron chi connectivity index (χ1n) is 8.59. The predicted molar refractivity (Wildman–Crippen MR) is 96.9 cm³/mol. The summed E-state index contributed by atoms with van der Waals surface area (Å²) < 4.78 is 5.90. The molecule has 0 aromatic heterocycles. The second-order valence-corrected chi connectivity index (χ2v) is 6.29. The Bertz CT molecular complexity index is 529. The number of hydrogen-bond donors (Lipinski definition) is 2. The maximum Gasteiger partial charge on any atom is 0.191 e. The third-order valence-electron chi connectivity index (χ3n) is 3.65. The van der Waals surface area contributed by atoms with E-state index in [1.54, 1.807) is 0 Å². The van der Waals surface area contributed by atoms with E-state index in [4.69, 9.17) is 9.73 Å². The van der Waals surface area contributed by atoms with Crippen molar-refractivity contribution >= 4 is 5.96 Å². The van der Waals surface area contributed by atoms with Crippen molar-refractivity contribution < 1.29 is 4.74 Å². The van der Waals surface area contributed by atoms with E-state index in [1.165, 1.54) is 0 Å². The van der Waals surface area contributed by atoms with Crippen LogP contribution in [0.15, 0.2) is 41.4 Å². The van der Waals surface area contributed by atoms with E-state index in [-0.39, 0.29) is 0 Å². The summed E-state index contributed by atoms with van der Waals surface area (Å²) in [5, 5.41) is 6.81. The molecule has 2 N–H and O–H groups in total. The molecule has 0 radical (unpaired) electrons. The summed E-state index contributed by atoms with van der Waals surface area (Å²) in [5.41, 5.74) is 1.12. The Hall–Kier alpha value is -1.97. The number of guanidine groups is 1. The zero-order chi connectivity index (χ0) is 16.5. The molecule has 1 aromatic rings. The van der Waals surface area contributed by atoms with Gasteiger partial charge in [-0.2, -0.15) is 0 Å². The maximum atomic E-state index is 5.90. The van der Waals surface area contributed by atoms with Crippen LogP contribution in [-0.2, 0) is 6.54 Å². The van der Waals surface area contributed by atoms with Crippen LogP contribution in [0, 0.1) is 5.92 Å². The van der Waals surface area contributed by atoms with Crippen molar-refractivity contribution in [1.82, 2.24) is 10.6 Å². The fourth-order valence-corrected chi connectivity index (χ4v) is 2.44. The van der Waals surface area contributed by atoms with Crippen LogP contribution in [0.1, 0.15) is 39.2 Å². The molecule has 0 heterocycles. The summed E-state index contributed by atoms with van der Waals surface area (Å²) in [4.78, 5) is 4.72. The third-order valence-corrected chi connectivity index (χ3v) is 3.65. The lowest BCUT2D eigenvalue weighted by molar-refractivity contribution is 0.268. The highest BCUT2D eigenvalue weighted by Gasteiger charge is 2.11. The summed E-state index contributed by atoms with van der Waals surface area (Å²) in [6.07, 6.45) is 6.57. The van der Waals surface area contributed by atoms with E-state index >= 15 is 0 Å². The highest BCUT2D eigenvalue weighted by Crippen LogP contribution is 2.19. The second-order valence-electron chi connectivity index (χ2n) is 6.29. The molecule has 4 heteroatoms. The Morgan fingerprint density at radius 3 is 2.70 bits per heavy atom. The second kappa shape index (κ2) is 9.23. The molecule has 0 unspecified atom stereocenters. The van der Waals surface area contributed by atoms with E-state index in [0.717, 1.165) is 43.3 Å². The normalized spacial score (nSPS) is 15.2. The van der Waals surface area contributed by atoms with Gasteiger partial charge in [-0.25, -0.2) is 4.99 Å². The van der Waals surface area contributed by atoms with E-state index in [1.807, 2.05) is 18.2 Å². The lowest BCUT2D eigenvalue weighted by atomic mass is 10.2. The van der Waals surface area contributed by atoms with Gasteiger partial charge in [-0.05, 0) is 31.7 Å². The number of nitrogens with one attached hydrogen (secondary N) is 2. The lowest BCUT2D eigenvalue weighted by Crippen LogP contribution is -2.42. The van der Waals surface area contributed by atoms with Crippen LogP contribution in [0.2, 0.25) is 0 Å². The van der Waals surface area contributed by atoms with Gasteiger partial charge in [0.1, 0.15) is 5.75 Å². The number of rotatable bonds is 7. The van der Waals surface area contributed by atoms with Crippen LogP contribution < -0.4 is 15.4 Å². The van der Waals surface area contributed by atoms with Gasteiger partial charge in [-0.3, -0.25) is 0 Å². The predicted octanol–water partition coefficient (Wildman–Crippen LogP) is 3.50. The van der Waals surface area contributed by atoms with Gasteiger partial charge in [0.25, 0.3) is 0 Å². The Kier molecular flexibility index (Phi) is 6.98. The van der Waals surface area contributed by atoms with Gasteiger partial charge in [0, 0.05) is 18.2 Å². The van der Waals surface area contributed by atoms with E-state index < -0.39 is 0 Å². The first kappa shape index (κ1) is 17.4. The molecule has 0 aliphatic heterocycles. The molecule has 4 nitrogen and oxygen atoms in total. The van der Waals surface area contributed by atoms with Crippen molar-refractivity contribution in [2.24, 2.45) is 10.9 Å². The van der Waals surface area contributed by atoms with Crippen molar-refractivity contribution in [1.29, 1.82) is 0 Å². The SMILES string of the molecule is CCNC(=NCc1ccccc1OCC(C)C)NC1CC=CC1. The van der Waals surface area contributed by atoms with Crippen LogP contribution >= 0.6 is 0 Å². The van der Waals surface area contributed by atoms with Crippen LogP contribution in [0.4, 0.5) is 0 Å². The summed E-state index contributed by atoms with van der Waals surface area (Å²) in [6.45, 7) is 8.60. The molecule has 0 amide bonds. The molecule has 0 saturated carbocycles. The fraction of sp³-hybridized carbons (Fsp3) is 0.526. The molecule has 0 atom stereocenters. The summed E-state index contributed by atoms with van der Waals surface area (Å²) in [5.74, 6) is 2.32. The van der Waals surface area contributed by atoms with Crippen molar-refractivity contribution in [3.63, 3.8) is 0 Å². The fourth-order valence-electron chi connectivity index (χ4n) is 2.44. The number of nitrogens with zero attached hydrogens (tertiary/aromatic N) is 1. The zero-order valence-electron chi connectivity index (χ0n) is 14.5. The molecule has 2 rings (SSSR count). The van der Waals surface area contributed by atoms with E-state index in [9.17, 15) is 0 Å². The van der Waals surface area contributed by atoms with E-state index in [2.05, 4.69) is 49.6 Å². The van der Waals surface area contributed by atoms with Crippen LogP contribution in [0.5, 0.6) is 5.75 Å². The summed E-state index contributed by atoms with van der Waals surface area (Å²) in [7, 11) is 0. The number of aliphatic imine (C=N–C) groups is 1. The van der Waals surface area contributed by atoms with Crippen LogP contribution in [0.25, 0.3) is 0 Å². The molecular weight excluding hydrogens is 286 g/mol. The minimum Gasteiger partial charge on any atom is -0.493 e. The minimum absolute atomic E-state index is 0.459. The highest BCUT2D eigenvalue weighted by atomic mass is 16.5. The standard InChI is InChI=1S/C19H29N3O/c1-4-20-19(22-17-10-6-7-11-17)21-13-16-9-5-8-12-18(16)23-14-15(2)3/h5-9,12,15,17H,4,10-11,13-14H2,1-3H3,(H2,20,21,22).